The van der Waals surface area contributed by atoms with Crippen LogP contribution in [-0.2, 0) is 14.8 Å². The number of nitrogens with zero attached hydrogens (tertiary/aromatic N) is 3. The summed E-state index contributed by atoms with van der Waals surface area (Å²) in [5.41, 5.74) is 4.67. The van der Waals surface area contributed by atoms with E-state index in [0.717, 1.165) is 18.7 Å². The molecule has 0 spiro atoms. The molecule has 2 heterocycles. The minimum absolute atomic E-state index is 0.0821. The summed E-state index contributed by atoms with van der Waals surface area (Å²) >= 11 is 0. The number of benzene rings is 2. The van der Waals surface area contributed by atoms with Crippen LogP contribution in [0.2, 0.25) is 0 Å². The van der Waals surface area contributed by atoms with E-state index in [1.54, 1.807) is 29.2 Å². The van der Waals surface area contributed by atoms with Crippen molar-refractivity contribution in [2.45, 2.75) is 31.7 Å². The first-order chi connectivity index (χ1) is 13.8. The average Bonchev–Trinajstić information content (AvgIpc) is 3.51. The highest BCUT2D eigenvalue weighted by Crippen LogP contribution is 2.30. The van der Waals surface area contributed by atoms with Gasteiger partial charge in [0.05, 0.1) is 4.90 Å². The smallest absolute Gasteiger partial charge is 0.243 e. The molecule has 2 fully saturated rings. The first-order valence-corrected chi connectivity index (χ1v) is 11.4. The van der Waals surface area contributed by atoms with E-state index < -0.39 is 16.1 Å². The van der Waals surface area contributed by atoms with Gasteiger partial charge in [0.15, 0.2) is 0 Å². The van der Waals surface area contributed by atoms with Gasteiger partial charge in [-0.2, -0.15) is 4.31 Å². The van der Waals surface area contributed by atoms with E-state index in [0.29, 0.717) is 13.1 Å². The molecular formula is C22H27N3O3S. The van der Waals surface area contributed by atoms with Gasteiger partial charge in [0.1, 0.15) is 6.04 Å². The second kappa shape index (κ2) is 7.46. The van der Waals surface area contributed by atoms with E-state index in [1.807, 2.05) is 6.92 Å². The monoisotopic (exact) mass is 413 g/mol. The summed E-state index contributed by atoms with van der Waals surface area (Å²) < 4.78 is 26.8. The number of amides is 1. The van der Waals surface area contributed by atoms with Crippen molar-refractivity contribution in [3.8, 4) is 0 Å². The van der Waals surface area contributed by atoms with Crippen molar-refractivity contribution in [1.82, 2.24) is 9.21 Å². The molecule has 7 heteroatoms. The molecule has 2 atom stereocenters. The van der Waals surface area contributed by atoms with Crippen LogP contribution in [0.15, 0.2) is 47.4 Å². The first-order valence-electron chi connectivity index (χ1n) is 9.97. The zero-order valence-corrected chi connectivity index (χ0v) is 17.9. The molecule has 2 saturated heterocycles. The summed E-state index contributed by atoms with van der Waals surface area (Å²) in [4.78, 5) is 17.2. The molecule has 6 nitrogen and oxygen atoms in total. The lowest BCUT2D eigenvalue weighted by Crippen LogP contribution is -2.50. The summed E-state index contributed by atoms with van der Waals surface area (Å²) in [6.45, 7) is 9.11. The molecule has 0 radical (unpaired) electrons. The third kappa shape index (κ3) is 3.89. The van der Waals surface area contributed by atoms with Crippen LogP contribution in [0, 0.1) is 20.8 Å². The Balaban J connectivity index is 1.38. The highest BCUT2D eigenvalue weighted by atomic mass is 32.2. The van der Waals surface area contributed by atoms with Crippen molar-refractivity contribution in [3.05, 3.63) is 59.2 Å². The van der Waals surface area contributed by atoms with Crippen LogP contribution in [0.4, 0.5) is 5.69 Å². The van der Waals surface area contributed by atoms with Crippen molar-refractivity contribution < 1.29 is 13.2 Å². The summed E-state index contributed by atoms with van der Waals surface area (Å²) in [7, 11) is -3.60. The summed E-state index contributed by atoms with van der Waals surface area (Å²) in [5, 5.41) is 0. The molecule has 2 aliphatic rings. The Morgan fingerprint density at radius 3 is 2.17 bits per heavy atom. The Hall–Kier alpha value is -2.38. The second-order valence-electron chi connectivity index (χ2n) is 8.01. The molecule has 4 rings (SSSR count). The fourth-order valence-corrected chi connectivity index (χ4v) is 5.39. The predicted octanol–water partition coefficient (Wildman–Crippen LogP) is 2.33. The Morgan fingerprint density at radius 2 is 1.52 bits per heavy atom. The summed E-state index contributed by atoms with van der Waals surface area (Å²) in [5.74, 6) is -0.0821. The largest absolute Gasteiger partial charge is 0.368 e. The van der Waals surface area contributed by atoms with E-state index in [-0.39, 0.29) is 17.3 Å². The molecule has 0 N–H and O–H groups in total. The maximum absolute atomic E-state index is 12.9. The van der Waals surface area contributed by atoms with Crippen LogP contribution in [0.5, 0.6) is 0 Å². The van der Waals surface area contributed by atoms with Gasteiger partial charge in [-0.1, -0.05) is 29.8 Å². The zero-order chi connectivity index (χ0) is 20.8. The fourth-order valence-electron chi connectivity index (χ4n) is 3.87. The Kier molecular flexibility index (Phi) is 5.12. The maximum Gasteiger partial charge on any atom is 0.243 e. The van der Waals surface area contributed by atoms with Gasteiger partial charge >= 0.3 is 0 Å². The molecular weight excluding hydrogens is 386 g/mol. The van der Waals surface area contributed by atoms with Gasteiger partial charge < -0.3 is 9.80 Å². The van der Waals surface area contributed by atoms with Crippen molar-refractivity contribution in [1.29, 1.82) is 0 Å². The predicted molar refractivity (Wildman–Crippen MR) is 114 cm³/mol. The number of anilines is 1. The molecule has 2 unspecified atom stereocenters. The Morgan fingerprint density at radius 1 is 0.897 bits per heavy atom. The molecule has 2 aromatic carbocycles. The number of rotatable bonds is 4. The minimum atomic E-state index is -3.60. The highest BCUT2D eigenvalue weighted by molar-refractivity contribution is 7.89. The topological polar surface area (TPSA) is 60.7 Å². The fraction of sp³-hybridized carbons (Fsp3) is 0.409. The molecule has 0 bridgehead atoms. The molecule has 0 saturated carbocycles. The van der Waals surface area contributed by atoms with Gasteiger partial charge in [0, 0.05) is 38.4 Å². The minimum Gasteiger partial charge on any atom is -0.368 e. The van der Waals surface area contributed by atoms with E-state index in [9.17, 15) is 13.2 Å². The molecule has 2 aliphatic heterocycles. The van der Waals surface area contributed by atoms with E-state index >= 15 is 0 Å². The summed E-state index contributed by atoms with van der Waals surface area (Å²) in [6, 6.07) is 12.6. The van der Waals surface area contributed by atoms with E-state index in [1.165, 1.54) is 21.1 Å². The van der Waals surface area contributed by atoms with Crippen molar-refractivity contribution in [2.24, 2.45) is 0 Å². The molecule has 154 valence electrons. The maximum atomic E-state index is 12.9. The van der Waals surface area contributed by atoms with Gasteiger partial charge in [-0.3, -0.25) is 4.79 Å². The van der Waals surface area contributed by atoms with Crippen molar-refractivity contribution >= 4 is 21.6 Å². The molecule has 2 aromatic rings. The Bertz CT molecular complexity index is 1030. The van der Waals surface area contributed by atoms with E-state index in [4.69, 9.17) is 0 Å². The number of carbonyl (C=O) groups is 1. The third-order valence-corrected chi connectivity index (χ3v) is 7.67. The van der Waals surface area contributed by atoms with Crippen LogP contribution in [-0.4, -0.2) is 62.3 Å². The standard InChI is InChI=1S/C22H27N3O3S/c1-16-5-8-19(9-6-16)29(27,28)25-15-21(25)22(26)24-12-10-23(11-13-24)20-14-17(2)4-7-18(20)3/h4-9,14,21H,10-13,15H2,1-3H3. The SMILES string of the molecule is Cc1ccc(S(=O)(=O)N2CC2C(=O)N2CCN(c3cc(C)ccc3C)CC2)cc1. The van der Waals surface area contributed by atoms with E-state index in [2.05, 4.69) is 36.9 Å². The number of piperazine rings is 1. The van der Waals surface area contributed by atoms with Crippen molar-refractivity contribution in [2.75, 3.05) is 37.6 Å². The van der Waals surface area contributed by atoms with Crippen LogP contribution in [0.25, 0.3) is 0 Å². The quantitative estimate of drug-likeness (QED) is 0.722. The Labute approximate surface area is 172 Å². The number of hydrogen-bond acceptors (Lipinski definition) is 4. The van der Waals surface area contributed by atoms with Gasteiger partial charge in [-0.15, -0.1) is 0 Å². The van der Waals surface area contributed by atoms with Crippen LogP contribution < -0.4 is 4.90 Å². The lowest BCUT2D eigenvalue weighted by Gasteiger charge is -2.37. The molecule has 0 aromatic heterocycles. The molecule has 1 amide bonds. The van der Waals surface area contributed by atoms with Gasteiger partial charge in [-0.25, -0.2) is 8.42 Å². The number of carbonyl (C=O) groups excluding carboxylic acids is 1. The number of hydrogen-bond donors (Lipinski definition) is 0. The zero-order valence-electron chi connectivity index (χ0n) is 17.1. The molecule has 0 aliphatic carbocycles. The van der Waals surface area contributed by atoms with Gasteiger partial charge in [0.2, 0.25) is 15.9 Å². The molecule has 29 heavy (non-hydrogen) atoms. The lowest BCUT2D eigenvalue weighted by molar-refractivity contribution is -0.131. The van der Waals surface area contributed by atoms with Crippen LogP contribution in [0.3, 0.4) is 0 Å². The number of sulfonamides is 1. The second-order valence-corrected chi connectivity index (χ2v) is 9.90. The van der Waals surface area contributed by atoms with Gasteiger partial charge in [0.25, 0.3) is 0 Å². The average molecular weight is 414 g/mol. The van der Waals surface area contributed by atoms with Crippen LogP contribution in [0.1, 0.15) is 16.7 Å². The first kappa shape index (κ1) is 19.9. The van der Waals surface area contributed by atoms with Crippen molar-refractivity contribution in [3.63, 3.8) is 0 Å². The third-order valence-electron chi connectivity index (χ3n) is 5.78. The number of aryl methyl sites for hydroxylation is 3. The summed E-state index contributed by atoms with van der Waals surface area (Å²) in [6.07, 6.45) is 0. The van der Waals surface area contributed by atoms with Crippen LogP contribution >= 0.6 is 0 Å². The lowest BCUT2D eigenvalue weighted by atomic mass is 10.1. The highest BCUT2D eigenvalue weighted by Gasteiger charge is 2.50. The van der Waals surface area contributed by atoms with Gasteiger partial charge in [-0.05, 0) is 50.1 Å². The normalized spacial score (nSPS) is 21.9.